The van der Waals surface area contributed by atoms with E-state index < -0.39 is 8.32 Å². The summed E-state index contributed by atoms with van der Waals surface area (Å²) in [5.74, 6) is 2.92. The van der Waals surface area contributed by atoms with Gasteiger partial charge in [0.2, 0.25) is 8.32 Å². The molecule has 4 aliphatic carbocycles. The Hall–Kier alpha value is 0.0969. The standard InChI is InChI=1S/C28H53NO2Si/c1-17(2)32(18(3)4,19(5)6)31-21-13-14-27(7)20(15-21)9-10-22-23-11-12-26(30)28(23,8)25(29)16-24(22)27/h17-26,30H,9-16,29H2,1-8H3/t20-,21-,22-,23-,24-,25+,26-,27-,28+/m0/s1. The van der Waals surface area contributed by atoms with Gasteiger partial charge in [0.1, 0.15) is 0 Å². The molecule has 32 heavy (non-hydrogen) atoms. The number of aliphatic hydroxyl groups is 1. The van der Waals surface area contributed by atoms with Crippen molar-refractivity contribution in [1.29, 1.82) is 0 Å². The SMILES string of the molecule is CC(C)[Si](O[C@H]1CC[C@@]2(C)[C@@H](CC[C@@H]3[C@@H]2C[C@@H](N)[C@]2(C)[C@@H](O)CC[C@@H]32)C1)(C(C)C)C(C)C. The quantitative estimate of drug-likeness (QED) is 0.436. The fourth-order valence-electron chi connectivity index (χ4n) is 10.1. The average molecular weight is 464 g/mol. The number of rotatable bonds is 5. The zero-order valence-corrected chi connectivity index (χ0v) is 23.4. The van der Waals surface area contributed by atoms with Gasteiger partial charge in [0.15, 0.2) is 0 Å². The maximum absolute atomic E-state index is 10.8. The van der Waals surface area contributed by atoms with Gasteiger partial charge in [0.25, 0.3) is 0 Å². The Morgan fingerprint density at radius 2 is 1.47 bits per heavy atom. The van der Waals surface area contributed by atoms with Crippen molar-refractivity contribution >= 4 is 8.32 Å². The predicted molar refractivity (Wildman–Crippen MR) is 137 cm³/mol. The largest absolute Gasteiger partial charge is 0.413 e. The van der Waals surface area contributed by atoms with Crippen LogP contribution >= 0.6 is 0 Å². The summed E-state index contributed by atoms with van der Waals surface area (Å²) in [5.41, 5.74) is 9.20. The van der Waals surface area contributed by atoms with Crippen LogP contribution in [0.3, 0.4) is 0 Å². The van der Waals surface area contributed by atoms with E-state index in [1.807, 2.05) is 0 Å². The summed E-state index contributed by atoms with van der Waals surface area (Å²) in [7, 11) is -1.82. The van der Waals surface area contributed by atoms with Crippen LogP contribution in [0.25, 0.3) is 0 Å². The zero-order chi connectivity index (χ0) is 23.6. The number of aliphatic hydroxyl groups excluding tert-OH is 1. The Morgan fingerprint density at radius 1 is 0.844 bits per heavy atom. The molecule has 4 fully saturated rings. The topological polar surface area (TPSA) is 55.5 Å². The molecule has 0 unspecified atom stereocenters. The Kier molecular flexibility index (Phi) is 6.80. The molecule has 4 rings (SSSR count). The third kappa shape index (κ3) is 3.52. The number of hydrogen-bond donors (Lipinski definition) is 2. The molecular weight excluding hydrogens is 410 g/mol. The molecule has 0 aromatic heterocycles. The first kappa shape index (κ1) is 25.2. The van der Waals surface area contributed by atoms with Crippen molar-refractivity contribution in [3.8, 4) is 0 Å². The van der Waals surface area contributed by atoms with Gasteiger partial charge in [-0.1, -0.05) is 55.4 Å². The van der Waals surface area contributed by atoms with Crippen LogP contribution in [0.15, 0.2) is 0 Å². The smallest absolute Gasteiger partial charge is 0.200 e. The third-order valence-electron chi connectivity index (χ3n) is 11.9. The van der Waals surface area contributed by atoms with Crippen molar-refractivity contribution in [3.05, 3.63) is 0 Å². The fraction of sp³-hybridized carbons (Fsp3) is 1.00. The van der Waals surface area contributed by atoms with Crippen LogP contribution in [0, 0.1) is 34.5 Å². The van der Waals surface area contributed by atoms with Crippen LogP contribution in [0.4, 0.5) is 0 Å². The Labute approximate surface area is 199 Å². The first-order valence-electron chi connectivity index (χ1n) is 14.0. The van der Waals surface area contributed by atoms with Gasteiger partial charge < -0.3 is 15.3 Å². The van der Waals surface area contributed by atoms with Gasteiger partial charge >= 0.3 is 0 Å². The highest BCUT2D eigenvalue weighted by atomic mass is 28.4. The average Bonchev–Trinajstić information content (AvgIpc) is 3.02. The molecule has 0 radical (unpaired) electrons. The van der Waals surface area contributed by atoms with E-state index in [4.69, 9.17) is 10.2 Å². The number of fused-ring (bicyclic) bond motifs is 5. The molecule has 3 N–H and O–H groups in total. The van der Waals surface area contributed by atoms with Gasteiger partial charge in [-0.3, -0.25) is 0 Å². The molecule has 4 aliphatic rings. The normalized spacial score (nSPS) is 47.0. The summed E-state index contributed by atoms with van der Waals surface area (Å²) < 4.78 is 7.30. The van der Waals surface area contributed by atoms with Crippen LogP contribution in [0.5, 0.6) is 0 Å². The summed E-state index contributed by atoms with van der Waals surface area (Å²) in [4.78, 5) is 0. The van der Waals surface area contributed by atoms with E-state index in [1.165, 1.54) is 38.5 Å². The van der Waals surface area contributed by atoms with Gasteiger partial charge in [-0.2, -0.15) is 0 Å². The summed E-state index contributed by atoms with van der Waals surface area (Å²) in [5, 5.41) is 10.8. The molecule has 0 bridgehead atoms. The first-order valence-corrected chi connectivity index (χ1v) is 16.1. The molecule has 0 heterocycles. The summed E-state index contributed by atoms with van der Waals surface area (Å²) >= 11 is 0. The van der Waals surface area contributed by atoms with E-state index in [0.717, 1.165) is 30.6 Å². The van der Waals surface area contributed by atoms with E-state index >= 15 is 0 Å². The van der Waals surface area contributed by atoms with Gasteiger partial charge in [-0.25, -0.2) is 0 Å². The highest BCUT2D eigenvalue weighted by molar-refractivity contribution is 6.77. The van der Waals surface area contributed by atoms with E-state index in [1.54, 1.807) is 0 Å². The van der Waals surface area contributed by atoms with Crippen molar-refractivity contribution in [2.75, 3.05) is 0 Å². The van der Waals surface area contributed by atoms with Gasteiger partial charge in [-0.15, -0.1) is 0 Å². The van der Waals surface area contributed by atoms with Crippen LogP contribution in [-0.2, 0) is 4.43 Å². The van der Waals surface area contributed by atoms with Crippen LogP contribution < -0.4 is 5.73 Å². The summed E-state index contributed by atoms with van der Waals surface area (Å²) in [6.07, 6.45) is 10.0. The third-order valence-corrected chi connectivity index (χ3v) is 18.0. The van der Waals surface area contributed by atoms with E-state index in [2.05, 4.69) is 55.4 Å². The Bertz CT molecular complexity index is 659. The second-order valence-electron chi connectivity index (χ2n) is 13.8. The number of nitrogens with two attached hydrogens (primary N) is 1. The first-order chi connectivity index (χ1) is 14.9. The summed E-state index contributed by atoms with van der Waals surface area (Å²) in [6, 6.07) is 0.152. The maximum atomic E-state index is 10.8. The molecule has 3 nitrogen and oxygen atoms in total. The van der Waals surface area contributed by atoms with Crippen molar-refractivity contribution in [2.24, 2.45) is 40.2 Å². The lowest BCUT2D eigenvalue weighted by Gasteiger charge is -2.62. The van der Waals surface area contributed by atoms with Gasteiger partial charge in [0.05, 0.1) is 6.10 Å². The molecule has 186 valence electrons. The molecule has 4 saturated carbocycles. The minimum Gasteiger partial charge on any atom is -0.413 e. The minimum absolute atomic E-state index is 0.0539. The van der Waals surface area contributed by atoms with Gasteiger partial charge in [0, 0.05) is 17.6 Å². The summed E-state index contributed by atoms with van der Waals surface area (Å²) in [6.45, 7) is 19.4. The van der Waals surface area contributed by atoms with Crippen LogP contribution in [0.2, 0.25) is 16.6 Å². The molecule has 0 spiro atoms. The lowest BCUT2D eigenvalue weighted by molar-refractivity contribution is -0.140. The molecule has 4 heteroatoms. The zero-order valence-electron chi connectivity index (χ0n) is 22.4. The lowest BCUT2D eigenvalue weighted by Crippen LogP contribution is -2.61. The van der Waals surface area contributed by atoms with E-state index in [0.29, 0.717) is 34.1 Å². The molecular formula is C28H53NO2Si. The van der Waals surface area contributed by atoms with Crippen molar-refractivity contribution in [3.63, 3.8) is 0 Å². The molecule has 0 aromatic rings. The van der Waals surface area contributed by atoms with Crippen molar-refractivity contribution < 1.29 is 9.53 Å². The molecule has 0 amide bonds. The van der Waals surface area contributed by atoms with Gasteiger partial charge in [-0.05, 0) is 97.1 Å². The number of hydrogen-bond acceptors (Lipinski definition) is 3. The van der Waals surface area contributed by atoms with Crippen LogP contribution in [0.1, 0.15) is 107 Å². The van der Waals surface area contributed by atoms with Crippen molar-refractivity contribution in [2.45, 2.75) is 142 Å². The fourth-order valence-corrected chi connectivity index (χ4v) is 15.7. The molecule has 0 saturated heterocycles. The Morgan fingerprint density at radius 3 is 2.06 bits per heavy atom. The van der Waals surface area contributed by atoms with Crippen molar-refractivity contribution in [1.82, 2.24) is 0 Å². The Balaban J connectivity index is 1.53. The lowest BCUT2D eigenvalue weighted by atomic mass is 9.44. The van der Waals surface area contributed by atoms with E-state index in [9.17, 15) is 5.11 Å². The molecule has 0 aliphatic heterocycles. The highest BCUT2D eigenvalue weighted by Gasteiger charge is 2.63. The minimum atomic E-state index is -1.82. The predicted octanol–water partition coefficient (Wildman–Crippen LogP) is 6.89. The monoisotopic (exact) mass is 463 g/mol. The van der Waals surface area contributed by atoms with E-state index in [-0.39, 0.29) is 17.6 Å². The second-order valence-corrected chi connectivity index (χ2v) is 19.2. The maximum Gasteiger partial charge on any atom is 0.200 e. The highest BCUT2D eigenvalue weighted by Crippen LogP contribution is 2.66. The molecule has 9 atom stereocenters. The molecule has 0 aromatic carbocycles. The van der Waals surface area contributed by atoms with Crippen LogP contribution in [-0.4, -0.2) is 31.7 Å². The second kappa shape index (κ2) is 8.64.